The molecule has 112 valence electrons. The average Bonchev–Trinajstić information content (AvgIpc) is 2.76. The Hall–Kier alpha value is -1.32. The second kappa shape index (κ2) is 8.08. The molecule has 0 amide bonds. The molecule has 0 spiro atoms. The molecule has 0 bridgehead atoms. The van der Waals surface area contributed by atoms with E-state index in [1.807, 2.05) is 12.3 Å². The predicted octanol–water partition coefficient (Wildman–Crippen LogP) is 3.48. The number of anilines is 2. The van der Waals surface area contributed by atoms with Crippen LogP contribution >= 0.6 is 0 Å². The summed E-state index contributed by atoms with van der Waals surface area (Å²) in [6.07, 6.45) is 9.44. The van der Waals surface area contributed by atoms with Crippen molar-refractivity contribution in [2.75, 3.05) is 36.0 Å². The third-order valence-corrected chi connectivity index (χ3v) is 3.83. The summed E-state index contributed by atoms with van der Waals surface area (Å²) in [5.74, 6) is 2.00. The molecule has 1 fully saturated rings. The van der Waals surface area contributed by atoms with Gasteiger partial charge in [-0.2, -0.15) is 4.98 Å². The Morgan fingerprint density at radius 1 is 1.05 bits per heavy atom. The topological polar surface area (TPSA) is 32.3 Å². The lowest BCUT2D eigenvalue weighted by Crippen LogP contribution is -2.29. The van der Waals surface area contributed by atoms with Crippen LogP contribution in [0.1, 0.15) is 52.4 Å². The number of nitrogens with zero attached hydrogens (tertiary/aromatic N) is 4. The summed E-state index contributed by atoms with van der Waals surface area (Å²) in [6, 6.07) is 2.05. The number of aromatic nitrogens is 2. The van der Waals surface area contributed by atoms with Gasteiger partial charge in [0, 0.05) is 32.4 Å². The zero-order valence-corrected chi connectivity index (χ0v) is 13.0. The van der Waals surface area contributed by atoms with Crippen LogP contribution in [-0.2, 0) is 0 Å². The highest BCUT2D eigenvalue weighted by Gasteiger charge is 2.14. The Balaban J connectivity index is 2.12. The Bertz CT molecular complexity index is 363. The maximum atomic E-state index is 4.82. The van der Waals surface area contributed by atoms with Gasteiger partial charge in [0.15, 0.2) is 0 Å². The molecule has 0 aromatic carbocycles. The van der Waals surface area contributed by atoms with Gasteiger partial charge in [-0.3, -0.25) is 0 Å². The fraction of sp³-hybridized carbons (Fsp3) is 0.750. The molecule has 20 heavy (non-hydrogen) atoms. The zero-order valence-electron chi connectivity index (χ0n) is 13.0. The quantitative estimate of drug-likeness (QED) is 0.796. The molecule has 1 aliphatic heterocycles. The number of rotatable bonds is 6. The summed E-state index contributed by atoms with van der Waals surface area (Å²) in [7, 11) is 0. The van der Waals surface area contributed by atoms with Gasteiger partial charge in [-0.1, -0.05) is 26.7 Å². The van der Waals surface area contributed by atoms with Crippen molar-refractivity contribution in [3.8, 4) is 0 Å². The van der Waals surface area contributed by atoms with E-state index in [-0.39, 0.29) is 0 Å². The highest BCUT2D eigenvalue weighted by molar-refractivity contribution is 5.43. The maximum absolute atomic E-state index is 4.82. The number of hydrogen-bond acceptors (Lipinski definition) is 4. The van der Waals surface area contributed by atoms with Crippen molar-refractivity contribution in [3.63, 3.8) is 0 Å². The lowest BCUT2D eigenvalue weighted by molar-refractivity contribution is 0.722. The van der Waals surface area contributed by atoms with Gasteiger partial charge in [-0.25, -0.2) is 4.98 Å². The van der Waals surface area contributed by atoms with Gasteiger partial charge in [0.25, 0.3) is 0 Å². The summed E-state index contributed by atoms with van der Waals surface area (Å²) in [4.78, 5) is 14.0. The van der Waals surface area contributed by atoms with Crippen LogP contribution in [0.4, 0.5) is 11.8 Å². The van der Waals surface area contributed by atoms with Gasteiger partial charge in [0.2, 0.25) is 5.95 Å². The van der Waals surface area contributed by atoms with Gasteiger partial charge in [-0.15, -0.1) is 0 Å². The Labute approximate surface area is 123 Å². The molecule has 0 N–H and O–H groups in total. The Morgan fingerprint density at radius 2 is 1.70 bits per heavy atom. The first-order valence-electron chi connectivity index (χ1n) is 8.18. The lowest BCUT2D eigenvalue weighted by Gasteiger charge is -2.25. The third-order valence-electron chi connectivity index (χ3n) is 3.83. The van der Waals surface area contributed by atoms with Crippen molar-refractivity contribution in [1.29, 1.82) is 0 Å². The molecule has 2 heterocycles. The highest BCUT2D eigenvalue weighted by Crippen LogP contribution is 2.19. The monoisotopic (exact) mass is 276 g/mol. The molecule has 1 aliphatic rings. The first kappa shape index (κ1) is 15.1. The van der Waals surface area contributed by atoms with E-state index in [9.17, 15) is 0 Å². The van der Waals surface area contributed by atoms with Gasteiger partial charge in [-0.05, 0) is 31.7 Å². The molecule has 0 saturated carbocycles. The van der Waals surface area contributed by atoms with E-state index >= 15 is 0 Å². The maximum Gasteiger partial charge on any atom is 0.227 e. The summed E-state index contributed by atoms with van der Waals surface area (Å²) in [5.41, 5.74) is 0. The molecular formula is C16H28N4. The minimum absolute atomic E-state index is 0.918. The molecule has 0 atom stereocenters. The molecule has 1 saturated heterocycles. The van der Waals surface area contributed by atoms with Crippen LogP contribution in [0, 0.1) is 0 Å². The second-order valence-corrected chi connectivity index (χ2v) is 5.60. The number of hydrogen-bond donors (Lipinski definition) is 0. The van der Waals surface area contributed by atoms with E-state index in [0.29, 0.717) is 0 Å². The largest absolute Gasteiger partial charge is 0.356 e. The standard InChI is InChI=1S/C16H28N4/c1-3-11-19(12-4-2)15-9-10-17-16(18-15)20-13-7-5-6-8-14-20/h9-10H,3-8,11-14H2,1-2H3. The molecule has 0 radical (unpaired) electrons. The fourth-order valence-electron chi connectivity index (χ4n) is 2.82. The molecule has 0 aliphatic carbocycles. The van der Waals surface area contributed by atoms with Crippen LogP contribution in [0.15, 0.2) is 12.3 Å². The smallest absolute Gasteiger partial charge is 0.227 e. The highest BCUT2D eigenvalue weighted by atomic mass is 15.3. The van der Waals surface area contributed by atoms with Crippen LogP contribution in [0.5, 0.6) is 0 Å². The minimum Gasteiger partial charge on any atom is -0.356 e. The molecule has 1 aromatic rings. The van der Waals surface area contributed by atoms with Crippen LogP contribution in [-0.4, -0.2) is 36.1 Å². The molecule has 2 rings (SSSR count). The van der Waals surface area contributed by atoms with Crippen molar-refractivity contribution in [1.82, 2.24) is 9.97 Å². The molecule has 4 nitrogen and oxygen atoms in total. The first-order chi connectivity index (χ1) is 9.85. The van der Waals surface area contributed by atoms with Gasteiger partial charge in [0.1, 0.15) is 5.82 Å². The second-order valence-electron chi connectivity index (χ2n) is 5.60. The third kappa shape index (κ3) is 4.09. The summed E-state index contributed by atoms with van der Waals surface area (Å²) in [6.45, 7) is 8.80. The Morgan fingerprint density at radius 3 is 2.30 bits per heavy atom. The van der Waals surface area contributed by atoms with Crippen LogP contribution in [0.2, 0.25) is 0 Å². The zero-order chi connectivity index (χ0) is 14.2. The molecule has 4 heteroatoms. The predicted molar refractivity (Wildman–Crippen MR) is 85.5 cm³/mol. The van der Waals surface area contributed by atoms with E-state index in [1.54, 1.807) is 0 Å². The first-order valence-corrected chi connectivity index (χ1v) is 8.18. The van der Waals surface area contributed by atoms with Gasteiger partial charge in [0.05, 0.1) is 0 Å². The van der Waals surface area contributed by atoms with E-state index < -0.39 is 0 Å². The summed E-state index contributed by atoms with van der Waals surface area (Å²) < 4.78 is 0. The molecule has 0 unspecified atom stereocenters. The van der Waals surface area contributed by atoms with Gasteiger partial charge >= 0.3 is 0 Å². The summed E-state index contributed by atoms with van der Waals surface area (Å²) in [5, 5.41) is 0. The van der Waals surface area contributed by atoms with Crippen molar-refractivity contribution < 1.29 is 0 Å². The lowest BCUT2D eigenvalue weighted by atomic mass is 10.2. The van der Waals surface area contributed by atoms with Crippen LogP contribution in [0.25, 0.3) is 0 Å². The normalized spacial score (nSPS) is 16.0. The van der Waals surface area contributed by atoms with E-state index in [4.69, 9.17) is 4.98 Å². The van der Waals surface area contributed by atoms with Crippen LogP contribution in [0.3, 0.4) is 0 Å². The molecule has 1 aromatic heterocycles. The SMILES string of the molecule is CCCN(CCC)c1ccnc(N2CCCCCC2)n1. The Kier molecular flexibility index (Phi) is 6.09. The van der Waals surface area contributed by atoms with Gasteiger partial charge < -0.3 is 9.80 Å². The van der Waals surface area contributed by atoms with Crippen molar-refractivity contribution in [2.45, 2.75) is 52.4 Å². The van der Waals surface area contributed by atoms with Crippen LogP contribution < -0.4 is 9.80 Å². The van der Waals surface area contributed by atoms with E-state index in [2.05, 4.69) is 28.6 Å². The van der Waals surface area contributed by atoms with Crippen molar-refractivity contribution >= 4 is 11.8 Å². The van der Waals surface area contributed by atoms with Crippen molar-refractivity contribution in [3.05, 3.63) is 12.3 Å². The van der Waals surface area contributed by atoms with E-state index in [0.717, 1.165) is 50.8 Å². The fourth-order valence-corrected chi connectivity index (χ4v) is 2.82. The molecular weight excluding hydrogens is 248 g/mol. The van der Waals surface area contributed by atoms with Crippen molar-refractivity contribution in [2.24, 2.45) is 0 Å². The van der Waals surface area contributed by atoms with E-state index in [1.165, 1.54) is 25.7 Å². The average molecular weight is 276 g/mol. The summed E-state index contributed by atoms with van der Waals surface area (Å²) >= 11 is 0. The minimum atomic E-state index is 0.918.